The number of carbonyl (C=O) groups excluding carboxylic acids is 1. The molecule has 3 heteroatoms. The molecule has 1 aliphatic carbocycles. The van der Waals surface area contributed by atoms with E-state index < -0.39 is 0 Å². The molecule has 1 aromatic rings. The van der Waals surface area contributed by atoms with Crippen molar-refractivity contribution in [2.45, 2.75) is 38.0 Å². The molecule has 2 fully saturated rings. The van der Waals surface area contributed by atoms with Crippen LogP contribution in [0.25, 0.3) is 0 Å². The van der Waals surface area contributed by atoms with Crippen LogP contribution in [0.4, 0.5) is 0 Å². The Morgan fingerprint density at radius 2 is 2.22 bits per heavy atom. The molecule has 0 spiro atoms. The van der Waals surface area contributed by atoms with Gasteiger partial charge in [-0.15, -0.1) is 0 Å². The number of carbonyl (C=O) groups is 1. The Morgan fingerprint density at radius 3 is 2.83 bits per heavy atom. The van der Waals surface area contributed by atoms with Gasteiger partial charge in [-0.2, -0.15) is 0 Å². The lowest BCUT2D eigenvalue weighted by Crippen LogP contribution is -2.26. The highest BCUT2D eigenvalue weighted by Gasteiger charge is 2.48. The van der Waals surface area contributed by atoms with E-state index in [1.54, 1.807) is 18.9 Å². The zero-order chi connectivity index (χ0) is 12.7. The van der Waals surface area contributed by atoms with Gasteiger partial charge in [0.05, 0.1) is 5.25 Å². The van der Waals surface area contributed by atoms with E-state index in [1.807, 2.05) is 0 Å². The molecule has 18 heavy (non-hydrogen) atoms. The zero-order valence-electron chi connectivity index (χ0n) is 10.8. The molecule has 1 saturated carbocycles. The standard InChI is InChI=1S/C15H19NOS.H2/c1-9-4-3-5-12(8-9)14-13(11-6-7-11)15(10(2)17)18-16-14;/h3-5,8,11,13-16H,6-7H2,1-2H3;1H. The second-order valence-electron chi connectivity index (χ2n) is 5.57. The summed E-state index contributed by atoms with van der Waals surface area (Å²) in [5.74, 6) is 1.54. The Bertz CT molecular complexity index is 475. The van der Waals surface area contributed by atoms with Crippen LogP contribution in [-0.2, 0) is 4.79 Å². The van der Waals surface area contributed by atoms with Crippen LogP contribution in [0.3, 0.4) is 0 Å². The molecule has 98 valence electrons. The normalized spacial score (nSPS) is 31.6. The molecule has 1 N–H and O–H groups in total. The minimum Gasteiger partial charge on any atom is -0.299 e. The van der Waals surface area contributed by atoms with Gasteiger partial charge < -0.3 is 0 Å². The maximum atomic E-state index is 11.8. The molecule has 2 aliphatic rings. The Hall–Kier alpha value is -0.800. The van der Waals surface area contributed by atoms with E-state index >= 15 is 0 Å². The first kappa shape index (κ1) is 12.2. The van der Waals surface area contributed by atoms with Crippen LogP contribution in [0, 0.1) is 18.8 Å². The summed E-state index contributed by atoms with van der Waals surface area (Å²) in [5.41, 5.74) is 2.63. The maximum Gasteiger partial charge on any atom is 0.144 e. The number of Topliss-reactive ketones (excluding diaryl/α,β-unsaturated/α-hetero) is 1. The van der Waals surface area contributed by atoms with Crippen molar-refractivity contribution in [3.63, 3.8) is 0 Å². The van der Waals surface area contributed by atoms with Crippen molar-refractivity contribution in [1.82, 2.24) is 4.72 Å². The fraction of sp³-hybridized carbons (Fsp3) is 0.533. The molecule has 1 aromatic carbocycles. The molecule has 2 nitrogen and oxygen atoms in total. The molecule has 0 aromatic heterocycles. The molecule has 1 aliphatic heterocycles. The van der Waals surface area contributed by atoms with E-state index in [4.69, 9.17) is 0 Å². The molecule has 0 radical (unpaired) electrons. The summed E-state index contributed by atoms with van der Waals surface area (Å²) in [6.07, 6.45) is 2.58. The van der Waals surface area contributed by atoms with E-state index in [2.05, 4.69) is 35.9 Å². The third-order valence-corrected chi connectivity index (χ3v) is 5.31. The summed E-state index contributed by atoms with van der Waals surface area (Å²) in [7, 11) is 0. The lowest BCUT2D eigenvalue weighted by atomic mass is 9.85. The first-order chi connectivity index (χ1) is 8.66. The summed E-state index contributed by atoms with van der Waals surface area (Å²) in [6, 6.07) is 9.01. The van der Waals surface area contributed by atoms with Crippen molar-refractivity contribution in [3.8, 4) is 0 Å². The summed E-state index contributed by atoms with van der Waals surface area (Å²) in [4.78, 5) is 11.8. The fourth-order valence-electron chi connectivity index (χ4n) is 2.99. The summed E-state index contributed by atoms with van der Waals surface area (Å²) >= 11 is 1.64. The van der Waals surface area contributed by atoms with Crippen molar-refractivity contribution in [1.29, 1.82) is 0 Å². The molecule has 0 bridgehead atoms. The van der Waals surface area contributed by atoms with Crippen LogP contribution in [0.5, 0.6) is 0 Å². The van der Waals surface area contributed by atoms with E-state index in [-0.39, 0.29) is 6.68 Å². The summed E-state index contributed by atoms with van der Waals surface area (Å²) in [5, 5.41) is 0.142. The van der Waals surface area contributed by atoms with Gasteiger partial charge in [0.1, 0.15) is 5.78 Å². The molecule has 3 atom stereocenters. The maximum absolute atomic E-state index is 11.8. The van der Waals surface area contributed by atoms with Crippen LogP contribution in [0.1, 0.15) is 38.4 Å². The highest BCUT2D eigenvalue weighted by Crippen LogP contribution is 2.51. The van der Waals surface area contributed by atoms with E-state index in [9.17, 15) is 4.79 Å². The Kier molecular flexibility index (Phi) is 3.20. The van der Waals surface area contributed by atoms with Gasteiger partial charge in [-0.1, -0.05) is 41.8 Å². The topological polar surface area (TPSA) is 29.1 Å². The van der Waals surface area contributed by atoms with Gasteiger partial charge in [-0.25, -0.2) is 0 Å². The van der Waals surface area contributed by atoms with Crippen LogP contribution >= 0.6 is 11.9 Å². The number of benzene rings is 1. The fourth-order valence-corrected chi connectivity index (χ4v) is 4.28. The first-order valence-electron chi connectivity index (χ1n) is 6.65. The Morgan fingerprint density at radius 1 is 1.44 bits per heavy atom. The predicted molar refractivity (Wildman–Crippen MR) is 77.4 cm³/mol. The smallest absolute Gasteiger partial charge is 0.144 e. The molecular formula is C15H21NOS. The molecule has 1 heterocycles. The highest BCUT2D eigenvalue weighted by molar-refractivity contribution is 7.99. The van der Waals surface area contributed by atoms with Crippen molar-refractivity contribution in [2.75, 3.05) is 0 Å². The average molecular weight is 263 g/mol. The second kappa shape index (κ2) is 4.71. The zero-order valence-corrected chi connectivity index (χ0v) is 11.7. The number of rotatable bonds is 3. The van der Waals surface area contributed by atoms with Crippen molar-refractivity contribution in [2.24, 2.45) is 11.8 Å². The number of aryl methyl sites for hydroxylation is 1. The van der Waals surface area contributed by atoms with Gasteiger partial charge in [-0.3, -0.25) is 9.52 Å². The average Bonchev–Trinajstić information content (AvgIpc) is 3.07. The Balaban J connectivity index is 0.00000133. The minimum atomic E-state index is 0. The number of hydrogen-bond acceptors (Lipinski definition) is 3. The van der Waals surface area contributed by atoms with Crippen molar-refractivity contribution >= 4 is 17.7 Å². The SMILES string of the molecule is CC(=O)C1SNC(c2cccc(C)c2)C1C1CC1.[HH]. The Labute approximate surface area is 114 Å². The molecule has 0 amide bonds. The van der Waals surface area contributed by atoms with Gasteiger partial charge in [-0.05, 0) is 38.2 Å². The number of ketones is 1. The minimum absolute atomic E-state index is 0. The largest absolute Gasteiger partial charge is 0.299 e. The quantitative estimate of drug-likeness (QED) is 0.846. The first-order valence-corrected chi connectivity index (χ1v) is 7.53. The third kappa shape index (κ3) is 2.21. The van der Waals surface area contributed by atoms with E-state index in [1.165, 1.54) is 24.0 Å². The molecular weight excluding hydrogens is 242 g/mol. The van der Waals surface area contributed by atoms with Gasteiger partial charge in [0.2, 0.25) is 0 Å². The van der Waals surface area contributed by atoms with Crippen molar-refractivity contribution in [3.05, 3.63) is 35.4 Å². The van der Waals surface area contributed by atoms with Crippen LogP contribution in [0.15, 0.2) is 24.3 Å². The summed E-state index contributed by atoms with van der Waals surface area (Å²) in [6.45, 7) is 3.85. The predicted octanol–water partition coefficient (Wildman–Crippen LogP) is 3.52. The lowest BCUT2D eigenvalue weighted by Gasteiger charge is -2.22. The monoisotopic (exact) mass is 263 g/mol. The van der Waals surface area contributed by atoms with Crippen LogP contribution in [-0.4, -0.2) is 11.0 Å². The highest BCUT2D eigenvalue weighted by atomic mass is 32.2. The molecule has 3 rings (SSSR count). The van der Waals surface area contributed by atoms with E-state index in [0.717, 1.165) is 5.92 Å². The van der Waals surface area contributed by atoms with E-state index in [0.29, 0.717) is 17.7 Å². The summed E-state index contributed by atoms with van der Waals surface area (Å²) < 4.78 is 3.50. The van der Waals surface area contributed by atoms with Crippen LogP contribution in [0.2, 0.25) is 0 Å². The molecule has 3 unspecified atom stereocenters. The van der Waals surface area contributed by atoms with Gasteiger partial charge in [0.15, 0.2) is 0 Å². The van der Waals surface area contributed by atoms with Crippen molar-refractivity contribution < 1.29 is 6.22 Å². The second-order valence-corrected chi connectivity index (χ2v) is 6.55. The number of hydrogen-bond donors (Lipinski definition) is 1. The van der Waals surface area contributed by atoms with Gasteiger partial charge in [0, 0.05) is 13.4 Å². The third-order valence-electron chi connectivity index (χ3n) is 4.02. The van der Waals surface area contributed by atoms with Gasteiger partial charge >= 0.3 is 0 Å². The number of nitrogens with one attached hydrogen (secondary N) is 1. The van der Waals surface area contributed by atoms with Crippen LogP contribution < -0.4 is 4.72 Å². The van der Waals surface area contributed by atoms with Gasteiger partial charge in [0.25, 0.3) is 0 Å². The lowest BCUT2D eigenvalue weighted by molar-refractivity contribution is -0.117. The molecule has 1 saturated heterocycles.